The van der Waals surface area contributed by atoms with E-state index < -0.39 is 46.4 Å². The van der Waals surface area contributed by atoms with Gasteiger partial charge in [0.1, 0.15) is 4.60 Å². The van der Waals surface area contributed by atoms with Crippen molar-refractivity contribution in [3.8, 4) is 11.4 Å². The Bertz CT molecular complexity index is 1950. The topological polar surface area (TPSA) is 110 Å². The smallest absolute Gasteiger partial charge is 0.343 e. The Labute approximate surface area is 272 Å². The predicted molar refractivity (Wildman–Crippen MR) is 163 cm³/mol. The van der Waals surface area contributed by atoms with Crippen molar-refractivity contribution in [2.24, 2.45) is 0 Å². The molecule has 0 saturated carbocycles. The fourth-order valence-corrected chi connectivity index (χ4v) is 4.45. The minimum absolute atomic E-state index is 0.00299. The van der Waals surface area contributed by atoms with Crippen molar-refractivity contribution in [2.75, 3.05) is 28.2 Å². The fraction of sp³-hybridized carbons (Fsp3) is 0.267. The third-order valence-corrected chi connectivity index (χ3v) is 7.22. The van der Waals surface area contributed by atoms with Gasteiger partial charge in [0.25, 0.3) is 22.9 Å². The van der Waals surface area contributed by atoms with Crippen LogP contribution in [0.3, 0.4) is 0 Å². The summed E-state index contributed by atoms with van der Waals surface area (Å²) in [5.74, 6) is -1.25. The zero-order valence-electron chi connectivity index (χ0n) is 25.7. The maximum absolute atomic E-state index is 12.9. The molecule has 0 unspecified atom stereocenters. The van der Waals surface area contributed by atoms with Crippen molar-refractivity contribution in [2.45, 2.75) is 26.2 Å². The summed E-state index contributed by atoms with van der Waals surface area (Å²) in [5.41, 5.74) is -3.40. The monoisotopic (exact) mass is 728 g/mol. The number of hydrogen-bond donors (Lipinski definition) is 0. The maximum atomic E-state index is 12.9. The molecule has 0 aliphatic heterocycles. The Morgan fingerprint density at radius 3 is 1.60 bits per heavy atom. The largest absolute Gasteiger partial charge is 0.416 e. The van der Waals surface area contributed by atoms with Crippen molar-refractivity contribution in [3.63, 3.8) is 0 Å². The molecule has 2 aromatic heterocycles. The van der Waals surface area contributed by atoms with Crippen LogP contribution in [0.4, 0.5) is 26.3 Å². The van der Waals surface area contributed by atoms with E-state index in [1.807, 2.05) is 0 Å². The molecule has 0 atom stereocenters. The third kappa shape index (κ3) is 8.14. The molecule has 0 N–H and O–H groups in total. The number of aryl methyl sites for hydroxylation is 1. The average molecular weight is 729 g/mol. The van der Waals surface area contributed by atoms with E-state index in [0.717, 1.165) is 33.4 Å². The molecule has 2 aromatic carbocycles. The van der Waals surface area contributed by atoms with Gasteiger partial charge in [-0.1, -0.05) is 12.1 Å². The van der Waals surface area contributed by atoms with Crippen LogP contribution in [0.25, 0.3) is 11.4 Å². The second kappa shape index (κ2) is 13.9. The van der Waals surface area contributed by atoms with E-state index >= 15 is 0 Å². The van der Waals surface area contributed by atoms with E-state index in [-0.39, 0.29) is 33.1 Å². The normalized spacial score (nSPS) is 11.4. The Morgan fingerprint density at radius 1 is 0.723 bits per heavy atom. The van der Waals surface area contributed by atoms with E-state index in [1.54, 1.807) is 0 Å². The van der Waals surface area contributed by atoms with E-state index in [1.165, 1.54) is 82.3 Å². The lowest BCUT2D eigenvalue weighted by molar-refractivity contribution is -0.138. The number of benzene rings is 2. The van der Waals surface area contributed by atoms with Crippen molar-refractivity contribution < 1.29 is 35.9 Å². The number of alkyl halides is 6. The van der Waals surface area contributed by atoms with Crippen molar-refractivity contribution >= 4 is 27.7 Å². The van der Waals surface area contributed by atoms with E-state index in [4.69, 9.17) is 0 Å². The van der Waals surface area contributed by atoms with Crippen LogP contribution >= 0.6 is 15.9 Å². The molecule has 2 heterocycles. The van der Waals surface area contributed by atoms with Crippen molar-refractivity contribution in [3.05, 3.63) is 114 Å². The molecular weight excluding hydrogens is 702 g/mol. The van der Waals surface area contributed by atoms with Gasteiger partial charge in [0.05, 0.1) is 16.8 Å². The van der Waals surface area contributed by atoms with Gasteiger partial charge < -0.3 is 9.80 Å². The van der Waals surface area contributed by atoms with Gasteiger partial charge in [-0.25, -0.2) is 9.97 Å². The minimum Gasteiger partial charge on any atom is -0.343 e. The van der Waals surface area contributed by atoms with Crippen molar-refractivity contribution in [1.82, 2.24) is 28.9 Å². The average Bonchev–Trinajstić information content (AvgIpc) is 2.98. The van der Waals surface area contributed by atoms with Gasteiger partial charge in [-0.3, -0.25) is 28.3 Å². The highest BCUT2D eigenvalue weighted by Crippen LogP contribution is 2.31. The van der Waals surface area contributed by atoms with Crippen LogP contribution in [-0.4, -0.2) is 68.9 Å². The third-order valence-electron chi connectivity index (χ3n) is 6.47. The van der Waals surface area contributed by atoms with Crippen LogP contribution in [0.15, 0.2) is 68.9 Å². The highest BCUT2D eigenvalue weighted by molar-refractivity contribution is 9.10. The van der Waals surface area contributed by atoms with Crippen LogP contribution in [0.2, 0.25) is 0 Å². The molecule has 0 saturated heterocycles. The van der Waals surface area contributed by atoms with Gasteiger partial charge in [0.2, 0.25) is 0 Å². The number of carbonyl (C=O) groups is 2. The summed E-state index contributed by atoms with van der Waals surface area (Å²) in [4.78, 5) is 59.2. The summed E-state index contributed by atoms with van der Waals surface area (Å²) in [6.45, 7) is 3.04. The van der Waals surface area contributed by atoms with E-state index in [9.17, 15) is 45.5 Å². The summed E-state index contributed by atoms with van der Waals surface area (Å²) in [6.07, 6.45) is -7.79. The summed E-state index contributed by atoms with van der Waals surface area (Å²) >= 11 is 3.14. The Hall–Kier alpha value is -4.80. The molecule has 2 amide bonds. The van der Waals surface area contributed by atoms with Crippen molar-refractivity contribution in [1.29, 1.82) is 0 Å². The first-order chi connectivity index (χ1) is 21.7. The van der Waals surface area contributed by atoms with Gasteiger partial charge in [-0.15, -0.1) is 0 Å². The Balaban J connectivity index is 0.000000256. The zero-order chi connectivity index (χ0) is 35.6. The Kier molecular flexibility index (Phi) is 10.8. The molecular formula is C30H27BrF6N6O4. The first-order valence-electron chi connectivity index (χ1n) is 13.3. The number of hydrogen-bond acceptors (Lipinski definition) is 6. The number of rotatable bonds is 4. The maximum Gasteiger partial charge on any atom is 0.416 e. The SMILES string of the molecule is Cc1c(Br)nc(C(=O)N(C)C)c(=O)n1-c1cccc(C(F)(F)F)c1.Cc1cnc(C(=O)N(C)C)c(=O)n1-c1cccc(C(F)(F)F)c1. The van der Waals surface area contributed by atoms with Gasteiger partial charge in [-0.05, 0) is 66.2 Å². The standard InChI is InChI=1S/C15H13BrF3N3O2.C15H14F3N3O2/c1-8-12(16)20-11(13(23)21(2)3)14(24)22(8)10-6-4-5-9(7-10)15(17,18)19;1-9-8-19-12(13(22)20(2)3)14(23)21(9)11-6-4-5-10(7-11)15(16,17)18/h4-7H,1-3H3;4-8H,1-3H3. The molecule has 47 heavy (non-hydrogen) atoms. The number of amides is 2. The number of halogens is 7. The molecule has 4 aromatic rings. The van der Waals surface area contributed by atoms with Crippen LogP contribution in [-0.2, 0) is 12.4 Å². The molecule has 10 nitrogen and oxygen atoms in total. The lowest BCUT2D eigenvalue weighted by atomic mass is 10.2. The predicted octanol–water partition coefficient (Wildman–Crippen LogP) is 5.29. The summed E-state index contributed by atoms with van der Waals surface area (Å²) < 4.78 is 79.5. The highest BCUT2D eigenvalue weighted by Gasteiger charge is 2.32. The molecule has 250 valence electrons. The second-order valence-corrected chi connectivity index (χ2v) is 11.1. The molecule has 0 fully saturated rings. The summed E-state index contributed by atoms with van der Waals surface area (Å²) in [5, 5.41) is 0. The molecule has 0 radical (unpaired) electrons. The van der Waals surface area contributed by atoms with Crippen LogP contribution < -0.4 is 11.1 Å². The van der Waals surface area contributed by atoms with Gasteiger partial charge in [0.15, 0.2) is 11.4 Å². The fourth-order valence-electron chi connectivity index (χ4n) is 4.10. The molecule has 0 aliphatic carbocycles. The van der Waals surface area contributed by atoms with Gasteiger partial charge in [-0.2, -0.15) is 26.3 Å². The molecule has 0 bridgehead atoms. The number of carbonyl (C=O) groups excluding carboxylic acids is 2. The minimum atomic E-state index is -4.54. The lowest BCUT2D eigenvalue weighted by Crippen LogP contribution is -2.34. The summed E-state index contributed by atoms with van der Waals surface area (Å²) in [6, 6.07) is 8.67. The first-order valence-corrected chi connectivity index (χ1v) is 14.1. The zero-order valence-corrected chi connectivity index (χ0v) is 27.2. The lowest BCUT2D eigenvalue weighted by Gasteiger charge is -2.16. The quantitative estimate of drug-likeness (QED) is 0.265. The Morgan fingerprint density at radius 2 is 1.15 bits per heavy atom. The van der Waals surface area contributed by atoms with E-state index in [2.05, 4.69) is 25.9 Å². The highest BCUT2D eigenvalue weighted by atomic mass is 79.9. The second-order valence-electron chi connectivity index (χ2n) is 10.4. The number of aromatic nitrogens is 4. The molecule has 4 rings (SSSR count). The molecule has 0 aliphatic rings. The van der Waals surface area contributed by atoms with Crippen LogP contribution in [0.1, 0.15) is 43.5 Å². The molecule has 17 heteroatoms. The summed E-state index contributed by atoms with van der Waals surface area (Å²) in [7, 11) is 5.81. The van der Waals surface area contributed by atoms with Crippen LogP contribution in [0.5, 0.6) is 0 Å². The van der Waals surface area contributed by atoms with Gasteiger partial charge >= 0.3 is 12.4 Å². The van der Waals surface area contributed by atoms with Gasteiger partial charge in [0, 0.05) is 51.5 Å². The first kappa shape index (κ1) is 36.7. The number of nitrogens with zero attached hydrogens (tertiary/aromatic N) is 6. The molecule has 0 spiro atoms. The van der Waals surface area contributed by atoms with Crippen LogP contribution in [0, 0.1) is 13.8 Å². The van der Waals surface area contributed by atoms with E-state index in [0.29, 0.717) is 5.69 Å².